The summed E-state index contributed by atoms with van der Waals surface area (Å²) >= 11 is 0. The molecule has 1 heterocycles. The van der Waals surface area contributed by atoms with Crippen LogP contribution < -0.4 is 0 Å². The molecule has 0 atom stereocenters. The summed E-state index contributed by atoms with van der Waals surface area (Å²) in [6, 6.07) is 18.8. The van der Waals surface area contributed by atoms with Crippen LogP contribution in [0.25, 0.3) is 0 Å². The van der Waals surface area contributed by atoms with E-state index in [0.29, 0.717) is 18.5 Å². The van der Waals surface area contributed by atoms with E-state index in [1.54, 1.807) is 22.2 Å². The quantitative estimate of drug-likeness (QED) is 0.873. The van der Waals surface area contributed by atoms with Gasteiger partial charge in [-0.15, -0.1) is 0 Å². The minimum atomic E-state index is -0.529. The second-order valence-corrected chi connectivity index (χ2v) is 6.41. The molecule has 23 heavy (non-hydrogen) atoms. The summed E-state index contributed by atoms with van der Waals surface area (Å²) in [7, 11) is 0. The summed E-state index contributed by atoms with van der Waals surface area (Å²) in [6.45, 7) is 4.26. The zero-order chi connectivity index (χ0) is 16.4. The standard InChI is InChI=1S/C19H20N2O2/c1-19(2)13-17(22)20(14-15-9-5-3-6-10-15)21(19)18(23)16-11-7-4-8-12-16/h3-12H,13-14H2,1-2H3. The highest BCUT2D eigenvalue weighted by Crippen LogP contribution is 2.32. The molecule has 2 aromatic carbocycles. The molecule has 0 aliphatic carbocycles. The SMILES string of the molecule is CC1(C)CC(=O)N(Cc2ccccc2)N1C(=O)c1ccccc1. The number of amides is 2. The maximum atomic E-state index is 12.9. The normalized spacial score (nSPS) is 16.7. The molecule has 1 aliphatic heterocycles. The van der Waals surface area contributed by atoms with Crippen LogP contribution in [0.15, 0.2) is 60.7 Å². The molecule has 0 bridgehead atoms. The smallest absolute Gasteiger partial charge is 0.272 e. The molecule has 1 aliphatic rings. The first-order valence-electron chi connectivity index (χ1n) is 7.73. The zero-order valence-corrected chi connectivity index (χ0v) is 13.4. The van der Waals surface area contributed by atoms with E-state index in [1.807, 2.05) is 62.4 Å². The average Bonchev–Trinajstić information content (AvgIpc) is 2.77. The van der Waals surface area contributed by atoms with Gasteiger partial charge in [0.25, 0.3) is 5.91 Å². The van der Waals surface area contributed by atoms with Crippen molar-refractivity contribution in [2.75, 3.05) is 0 Å². The van der Waals surface area contributed by atoms with Gasteiger partial charge in [0.2, 0.25) is 5.91 Å². The maximum absolute atomic E-state index is 12.9. The highest BCUT2D eigenvalue weighted by Gasteiger charge is 2.46. The molecule has 0 aromatic heterocycles. The van der Waals surface area contributed by atoms with E-state index < -0.39 is 5.54 Å². The third-order valence-corrected chi connectivity index (χ3v) is 4.07. The highest BCUT2D eigenvalue weighted by atomic mass is 16.2. The minimum absolute atomic E-state index is 0.0249. The van der Waals surface area contributed by atoms with E-state index in [0.717, 1.165) is 5.56 Å². The Labute approximate surface area is 136 Å². The van der Waals surface area contributed by atoms with Crippen molar-refractivity contribution < 1.29 is 9.59 Å². The average molecular weight is 308 g/mol. The third-order valence-electron chi connectivity index (χ3n) is 4.07. The number of nitrogens with zero attached hydrogens (tertiary/aromatic N) is 2. The predicted molar refractivity (Wildman–Crippen MR) is 88.3 cm³/mol. The van der Waals surface area contributed by atoms with Crippen LogP contribution in [0.3, 0.4) is 0 Å². The first-order valence-corrected chi connectivity index (χ1v) is 7.73. The lowest BCUT2D eigenvalue weighted by atomic mass is 10.0. The minimum Gasteiger partial charge on any atom is -0.273 e. The first kappa shape index (κ1) is 15.3. The van der Waals surface area contributed by atoms with Gasteiger partial charge in [0, 0.05) is 5.56 Å². The van der Waals surface area contributed by atoms with E-state index in [4.69, 9.17) is 0 Å². The topological polar surface area (TPSA) is 40.6 Å². The molecule has 0 spiro atoms. The number of carbonyl (C=O) groups is 2. The molecule has 0 N–H and O–H groups in total. The van der Waals surface area contributed by atoms with Gasteiger partial charge < -0.3 is 0 Å². The number of hydrogen-bond donors (Lipinski definition) is 0. The second kappa shape index (κ2) is 5.88. The van der Waals surface area contributed by atoms with E-state index >= 15 is 0 Å². The van der Waals surface area contributed by atoms with Gasteiger partial charge in [-0.25, -0.2) is 10.0 Å². The highest BCUT2D eigenvalue weighted by molar-refractivity contribution is 5.97. The van der Waals surface area contributed by atoms with Gasteiger partial charge in [0.05, 0.1) is 18.5 Å². The largest absolute Gasteiger partial charge is 0.273 e. The number of hydrogen-bond acceptors (Lipinski definition) is 2. The van der Waals surface area contributed by atoms with Crippen molar-refractivity contribution in [3.8, 4) is 0 Å². The van der Waals surface area contributed by atoms with Crippen molar-refractivity contribution in [3.63, 3.8) is 0 Å². The van der Waals surface area contributed by atoms with Gasteiger partial charge in [0.1, 0.15) is 0 Å². The monoisotopic (exact) mass is 308 g/mol. The number of hydrazine groups is 1. The summed E-state index contributed by atoms with van der Waals surface area (Å²) in [5.74, 6) is -0.166. The molecule has 0 saturated carbocycles. The Morgan fingerprint density at radius 2 is 1.57 bits per heavy atom. The van der Waals surface area contributed by atoms with Gasteiger partial charge >= 0.3 is 0 Å². The van der Waals surface area contributed by atoms with Gasteiger partial charge in [-0.3, -0.25) is 9.59 Å². The summed E-state index contributed by atoms with van der Waals surface area (Å²) in [5, 5.41) is 3.18. The Kier molecular flexibility index (Phi) is 3.90. The van der Waals surface area contributed by atoms with Crippen molar-refractivity contribution in [1.82, 2.24) is 10.0 Å². The molecule has 118 valence electrons. The summed E-state index contributed by atoms with van der Waals surface area (Å²) in [5.41, 5.74) is 1.07. The fourth-order valence-corrected chi connectivity index (χ4v) is 2.98. The van der Waals surface area contributed by atoms with Crippen molar-refractivity contribution in [1.29, 1.82) is 0 Å². The predicted octanol–water partition coefficient (Wildman–Crippen LogP) is 3.25. The van der Waals surface area contributed by atoms with Crippen LogP contribution in [0.5, 0.6) is 0 Å². The molecular weight excluding hydrogens is 288 g/mol. The zero-order valence-electron chi connectivity index (χ0n) is 13.4. The summed E-state index contributed by atoms with van der Waals surface area (Å²) in [6.07, 6.45) is 0.332. The van der Waals surface area contributed by atoms with Gasteiger partial charge in [-0.2, -0.15) is 0 Å². The molecule has 4 heteroatoms. The Morgan fingerprint density at radius 1 is 1.00 bits per heavy atom. The lowest BCUT2D eigenvalue weighted by molar-refractivity contribution is -0.137. The molecule has 3 rings (SSSR count). The van der Waals surface area contributed by atoms with Crippen LogP contribution in [0, 0.1) is 0 Å². The van der Waals surface area contributed by atoms with Crippen LogP contribution in [0.4, 0.5) is 0 Å². The third kappa shape index (κ3) is 2.97. The van der Waals surface area contributed by atoms with Crippen LogP contribution in [0.2, 0.25) is 0 Å². The lowest BCUT2D eigenvalue weighted by Crippen LogP contribution is -2.50. The Bertz CT molecular complexity index is 711. The van der Waals surface area contributed by atoms with Crippen LogP contribution in [0.1, 0.15) is 36.2 Å². The Balaban J connectivity index is 1.93. The number of benzene rings is 2. The molecular formula is C19H20N2O2. The van der Waals surface area contributed by atoms with Gasteiger partial charge in [-0.1, -0.05) is 48.5 Å². The van der Waals surface area contributed by atoms with Gasteiger partial charge in [-0.05, 0) is 31.5 Å². The molecule has 1 fully saturated rings. The van der Waals surface area contributed by atoms with Crippen LogP contribution in [-0.4, -0.2) is 27.4 Å². The van der Waals surface area contributed by atoms with Crippen molar-refractivity contribution in [2.45, 2.75) is 32.4 Å². The maximum Gasteiger partial charge on any atom is 0.272 e. The van der Waals surface area contributed by atoms with E-state index in [2.05, 4.69) is 0 Å². The van der Waals surface area contributed by atoms with E-state index in [1.165, 1.54) is 0 Å². The van der Waals surface area contributed by atoms with Crippen molar-refractivity contribution >= 4 is 11.8 Å². The Morgan fingerprint density at radius 3 is 2.17 bits per heavy atom. The molecule has 0 unspecified atom stereocenters. The van der Waals surface area contributed by atoms with Crippen LogP contribution in [-0.2, 0) is 11.3 Å². The fraction of sp³-hybridized carbons (Fsp3) is 0.263. The number of rotatable bonds is 3. The first-order chi connectivity index (χ1) is 11.0. The van der Waals surface area contributed by atoms with Crippen LogP contribution >= 0.6 is 0 Å². The van der Waals surface area contributed by atoms with Crippen molar-refractivity contribution in [3.05, 3.63) is 71.8 Å². The molecule has 2 amide bonds. The second-order valence-electron chi connectivity index (χ2n) is 6.41. The fourth-order valence-electron chi connectivity index (χ4n) is 2.98. The van der Waals surface area contributed by atoms with E-state index in [-0.39, 0.29) is 11.8 Å². The van der Waals surface area contributed by atoms with Crippen molar-refractivity contribution in [2.24, 2.45) is 0 Å². The van der Waals surface area contributed by atoms with E-state index in [9.17, 15) is 9.59 Å². The summed E-state index contributed by atoms with van der Waals surface area (Å²) in [4.78, 5) is 25.4. The Hall–Kier alpha value is -2.62. The molecule has 4 nitrogen and oxygen atoms in total. The van der Waals surface area contributed by atoms with Gasteiger partial charge in [0.15, 0.2) is 0 Å². The number of carbonyl (C=O) groups excluding carboxylic acids is 2. The lowest BCUT2D eigenvalue weighted by Gasteiger charge is -2.36. The molecule has 0 radical (unpaired) electrons. The summed E-state index contributed by atoms with van der Waals surface area (Å²) < 4.78 is 0. The molecule has 2 aromatic rings. The molecule has 1 saturated heterocycles.